The molecule has 412 valence electrons. The lowest BCUT2D eigenvalue weighted by Gasteiger charge is -2.29. The minimum absolute atomic E-state index is 0.000000000000000222. The van der Waals surface area contributed by atoms with E-state index in [1.165, 1.54) is 33.3 Å². The first-order valence-corrected chi connectivity index (χ1v) is 27.6. The molecule has 1 aliphatic heterocycles. The lowest BCUT2D eigenvalue weighted by molar-refractivity contribution is 0.0677. The van der Waals surface area contributed by atoms with Crippen molar-refractivity contribution in [3.63, 3.8) is 0 Å². The van der Waals surface area contributed by atoms with Crippen LogP contribution in [0.5, 0.6) is 0 Å². The van der Waals surface area contributed by atoms with E-state index in [1.807, 2.05) is 114 Å². The molecular formula is C34H76ClN17O2S16. The zero-order valence-electron chi connectivity index (χ0n) is 42.3. The van der Waals surface area contributed by atoms with Gasteiger partial charge in [-0.1, -0.05) is 109 Å². The first-order chi connectivity index (χ1) is 31.8. The van der Waals surface area contributed by atoms with Crippen LogP contribution in [-0.2, 0) is 9.47 Å². The Hall–Kier alpha value is -0.970. The number of ether oxygens (including phenoxy) is 2. The number of nitrogens with two attached hydrogens (primary N) is 8. The minimum atomic E-state index is 0.000000000000000222. The van der Waals surface area contributed by atoms with Gasteiger partial charge in [0.15, 0.2) is 19.8 Å². The van der Waals surface area contributed by atoms with Crippen molar-refractivity contribution in [3.05, 3.63) is 0 Å². The maximum atomic E-state index is 5.27. The Labute approximate surface area is 506 Å². The van der Waals surface area contributed by atoms with Crippen molar-refractivity contribution in [2.24, 2.45) is 46.0 Å². The molecule has 1 heterocycles. The Morgan fingerprint density at radius 1 is 0.629 bits per heavy atom. The highest BCUT2D eigenvalue weighted by atomic mass is 35.5. The smallest absolute Gasteiger partial charge is 0.253 e. The van der Waals surface area contributed by atoms with E-state index in [0.717, 1.165) is 55.2 Å². The van der Waals surface area contributed by atoms with Crippen molar-refractivity contribution in [2.75, 3.05) is 124 Å². The number of thioether (sulfide) groups is 1. The number of nitrogens with zero attached hydrogens (tertiary/aromatic N) is 7. The first-order valence-electron chi connectivity index (χ1n) is 18.9. The monoisotopic (exact) mass is 1300 g/mol. The standard InChI is InChI=1S/C7H14N2OS.C6H12N2S4.C6H12N2S3.C3H6ClNS.C3H7NOS.C3H7NS.C2H4N2S2.C2H5NS.CH5N3S.CH4N2S/c1-2-8-7(11)9-3-5-10-6-4-9;1-7(2)5(9)11-12-6(10)8(3)4;1-7(2)5(9)11-6(10)8(3)4;1-5(2)3(4)6;1-2-5-3(4)6;1-4(2)3-5;3-1(5)2(4)6;1-2(3)4;2-1(5)4-3;2-1(3)4/h2-6H2,1H3,(H,8,11);1-4H3;1-4H3;1-2H3;2H2,1H3,(H2,4,6);3H,1-2H3;(H2,3,5)(H2,4,6);1H3,(H2,3,4);3H2,(H3,2,4,5);(H4,2,3,4). The van der Waals surface area contributed by atoms with Gasteiger partial charge in [-0.15, -0.1) is 0 Å². The second-order valence-corrected chi connectivity index (χ2v) is 22.6. The molecular weight excluding hydrogens is 1230 g/mol. The van der Waals surface area contributed by atoms with Crippen molar-refractivity contribution < 1.29 is 9.47 Å². The van der Waals surface area contributed by atoms with Crippen molar-refractivity contribution in [1.82, 2.24) is 45.0 Å². The van der Waals surface area contributed by atoms with Gasteiger partial charge < -0.3 is 94.7 Å². The van der Waals surface area contributed by atoms with E-state index < -0.39 is 0 Å². The van der Waals surface area contributed by atoms with E-state index in [9.17, 15) is 0 Å². The fraction of sp³-hybridized carbons (Fsp3) is 0.618. The Bertz CT molecular complexity index is 1460. The average Bonchev–Trinajstić information content (AvgIpc) is 3.23. The van der Waals surface area contributed by atoms with Crippen LogP contribution in [0, 0.1) is 0 Å². The molecule has 0 aromatic rings. The van der Waals surface area contributed by atoms with E-state index >= 15 is 0 Å². The number of hydrogen-bond donors (Lipinski definition) is 10. The Kier molecular flexibility index (Phi) is 78.9. The molecule has 36 heteroatoms. The highest BCUT2D eigenvalue weighted by molar-refractivity contribution is 8.89. The molecule has 0 radical (unpaired) electrons. The third-order valence-corrected chi connectivity index (χ3v) is 13.5. The molecule has 0 saturated carbocycles. The van der Waals surface area contributed by atoms with Crippen molar-refractivity contribution in [3.8, 4) is 0 Å². The molecule has 1 saturated heterocycles. The van der Waals surface area contributed by atoms with E-state index in [4.69, 9.17) is 106 Å². The van der Waals surface area contributed by atoms with Gasteiger partial charge in [-0.25, -0.2) is 5.84 Å². The molecule has 0 spiro atoms. The van der Waals surface area contributed by atoms with Crippen LogP contribution in [0.15, 0.2) is 0 Å². The average molecular weight is 1300 g/mol. The van der Waals surface area contributed by atoms with Crippen molar-refractivity contribution >= 4 is 266 Å². The molecule has 18 N–H and O–H groups in total. The largest absolute Gasteiger partial charge is 0.472 e. The van der Waals surface area contributed by atoms with Gasteiger partial charge in [-0.05, 0) is 115 Å². The van der Waals surface area contributed by atoms with Gasteiger partial charge in [0, 0.05) is 104 Å². The summed E-state index contributed by atoms with van der Waals surface area (Å²) in [6.07, 6.45) is 0. The van der Waals surface area contributed by atoms with Crippen molar-refractivity contribution in [2.45, 2.75) is 20.8 Å². The number of rotatable bonds is 3. The topological polar surface area (TPSA) is 273 Å². The predicted molar refractivity (Wildman–Crippen MR) is 366 cm³/mol. The fourth-order valence-corrected chi connectivity index (χ4v) is 5.62. The van der Waals surface area contributed by atoms with Crippen LogP contribution < -0.4 is 56.7 Å². The summed E-state index contributed by atoms with van der Waals surface area (Å²) in [5.41, 5.74) is 37.2. The summed E-state index contributed by atoms with van der Waals surface area (Å²) in [6.45, 7) is 10.5. The quantitative estimate of drug-likeness (QED) is 0.0485. The summed E-state index contributed by atoms with van der Waals surface area (Å²) in [4.78, 5) is 13.9. The Morgan fingerprint density at radius 3 is 1.04 bits per heavy atom. The number of hydrazine groups is 1. The molecule has 0 aromatic carbocycles. The number of hydrogen-bond acceptors (Lipinski definition) is 19. The van der Waals surface area contributed by atoms with Gasteiger partial charge in [0.1, 0.15) is 27.3 Å². The van der Waals surface area contributed by atoms with Crippen LogP contribution in [0.3, 0.4) is 0 Å². The van der Waals surface area contributed by atoms with E-state index in [-0.39, 0.29) is 25.4 Å². The molecule has 0 aromatic heterocycles. The molecule has 0 unspecified atom stereocenters. The second kappa shape index (κ2) is 62.3. The number of morpholine rings is 1. The molecule has 19 nitrogen and oxygen atoms in total. The van der Waals surface area contributed by atoms with Crippen LogP contribution in [0.4, 0.5) is 0 Å². The van der Waals surface area contributed by atoms with E-state index in [2.05, 4.69) is 130 Å². The third kappa shape index (κ3) is 100. The number of thiocarbonyl (C=S) groups is 13. The predicted octanol–water partition coefficient (Wildman–Crippen LogP) is 3.26. The second-order valence-electron chi connectivity index (χ2n) is 12.6. The molecule has 1 fully saturated rings. The van der Waals surface area contributed by atoms with Crippen LogP contribution >= 0.6 is 204 Å². The van der Waals surface area contributed by atoms with Crippen LogP contribution in [0.2, 0.25) is 0 Å². The molecule has 0 atom stereocenters. The normalized spacial score (nSPS) is 9.47. The Balaban J connectivity index is -0.0000000866. The van der Waals surface area contributed by atoms with Crippen LogP contribution in [0.1, 0.15) is 20.8 Å². The van der Waals surface area contributed by atoms with Crippen molar-refractivity contribution in [1.29, 1.82) is 0 Å². The highest BCUT2D eigenvalue weighted by Gasteiger charge is 2.12. The summed E-state index contributed by atoms with van der Waals surface area (Å²) in [7, 11) is 25.8. The molecule has 0 amide bonds. The number of halogens is 1. The summed E-state index contributed by atoms with van der Waals surface area (Å²) >= 11 is 66.7. The minimum Gasteiger partial charge on any atom is -0.472 e. The molecule has 1 rings (SSSR count). The zero-order chi connectivity index (χ0) is 57.9. The van der Waals surface area contributed by atoms with Gasteiger partial charge in [0.25, 0.3) is 5.17 Å². The fourth-order valence-electron chi connectivity index (χ4n) is 1.65. The molecule has 0 bridgehead atoms. The van der Waals surface area contributed by atoms with Gasteiger partial charge >= 0.3 is 0 Å². The summed E-state index contributed by atoms with van der Waals surface area (Å²) < 4.78 is 13.4. The first kappa shape index (κ1) is 88.7. The maximum absolute atomic E-state index is 5.27. The maximum Gasteiger partial charge on any atom is 0.253 e. The third-order valence-electron chi connectivity index (χ3n) is 4.68. The summed E-state index contributed by atoms with van der Waals surface area (Å²) in [5.74, 6) is 4.66. The highest BCUT2D eigenvalue weighted by Crippen LogP contribution is 2.26. The number of nitrogens with one attached hydrogen (secondary N) is 2. The lowest BCUT2D eigenvalue weighted by atomic mass is 10.4. The Morgan fingerprint density at radius 2 is 0.900 bits per heavy atom. The van der Waals surface area contributed by atoms with Gasteiger partial charge in [0.2, 0.25) is 0 Å². The summed E-state index contributed by atoms with van der Waals surface area (Å²) in [5, 5.41) is 4.21. The van der Waals surface area contributed by atoms with Gasteiger partial charge in [-0.2, -0.15) is 0 Å². The van der Waals surface area contributed by atoms with Gasteiger partial charge in [0.05, 0.1) is 30.3 Å². The SMILES string of the molecule is CC(N)=S.CCNC(=S)N1CCOCC1.CCOC(N)=S.CN(C)C(=S)Cl.CN(C)C(=S)SC(=S)N(C)C.CN(C)C(=S)SSC(=S)N(C)C.CN(C)C=S.NC(=S)C(N)=S.NC(N)=S.NNC(N)=S. The van der Waals surface area contributed by atoms with Crippen LogP contribution in [0.25, 0.3) is 0 Å². The van der Waals surface area contributed by atoms with E-state index in [1.54, 1.807) is 31.4 Å². The molecule has 1 aliphatic rings. The molecule has 70 heavy (non-hydrogen) atoms. The zero-order valence-corrected chi connectivity index (χ0v) is 56.1. The van der Waals surface area contributed by atoms with Crippen LogP contribution in [-0.4, -0.2) is 221 Å². The molecule has 0 aliphatic carbocycles. The van der Waals surface area contributed by atoms with E-state index in [0.29, 0.717) is 16.0 Å². The lowest BCUT2D eigenvalue weighted by Crippen LogP contribution is -2.45. The summed E-state index contributed by atoms with van der Waals surface area (Å²) in [6, 6.07) is 0. The van der Waals surface area contributed by atoms with Gasteiger partial charge in [-0.3, -0.25) is 0 Å².